The molecule has 0 aliphatic carbocycles. The van der Waals surface area contributed by atoms with Crippen LogP contribution in [-0.2, 0) is 11.2 Å². The van der Waals surface area contributed by atoms with Crippen molar-refractivity contribution in [2.45, 2.75) is 6.42 Å². The van der Waals surface area contributed by atoms with Crippen LogP contribution in [0.5, 0.6) is 0 Å². The fraction of sp³-hybridized carbons (Fsp3) is 0.182. The van der Waals surface area contributed by atoms with Gasteiger partial charge in [-0.3, -0.25) is 4.79 Å². The van der Waals surface area contributed by atoms with Gasteiger partial charge in [0.05, 0.1) is 6.54 Å². The fourth-order valence-corrected chi connectivity index (χ4v) is 1.94. The number of carbonyl (C=O) groups excluding carboxylic acids is 1. The van der Waals surface area contributed by atoms with Crippen molar-refractivity contribution in [1.82, 2.24) is 4.98 Å². The van der Waals surface area contributed by atoms with Gasteiger partial charge in [-0.15, -0.1) is 0 Å². The molecule has 3 N–H and O–H groups in total. The molecule has 0 saturated heterocycles. The van der Waals surface area contributed by atoms with Gasteiger partial charge in [0.25, 0.3) is 0 Å². The second kappa shape index (κ2) is 4.16. The first kappa shape index (κ1) is 10.4. The van der Waals surface area contributed by atoms with Crippen molar-refractivity contribution in [1.29, 1.82) is 0 Å². The highest BCUT2D eigenvalue weighted by molar-refractivity contribution is 9.10. The highest BCUT2D eigenvalue weighted by atomic mass is 79.9. The van der Waals surface area contributed by atoms with Crippen LogP contribution in [0.3, 0.4) is 0 Å². The Hall–Kier alpha value is -1.13. The molecular weight excluding hydrogens is 256 g/mol. The molecule has 0 radical (unpaired) electrons. The maximum atomic E-state index is 11.3. The Balaban J connectivity index is 2.43. The zero-order valence-electron chi connectivity index (χ0n) is 8.09. The summed E-state index contributed by atoms with van der Waals surface area (Å²) in [5.74, 6) is 0.0517. The highest BCUT2D eigenvalue weighted by Gasteiger charge is 2.07. The van der Waals surface area contributed by atoms with Crippen molar-refractivity contribution < 1.29 is 4.79 Å². The number of aromatic nitrogens is 1. The van der Waals surface area contributed by atoms with Crippen LogP contribution in [0, 0.1) is 0 Å². The lowest BCUT2D eigenvalue weighted by Gasteiger charge is -1.97. The minimum absolute atomic E-state index is 0.0517. The van der Waals surface area contributed by atoms with E-state index in [1.165, 1.54) is 0 Å². The number of Topliss-reactive ketones (excluding diaryl/α,β-unsaturated/α-hetero) is 1. The van der Waals surface area contributed by atoms with Crippen LogP contribution < -0.4 is 5.73 Å². The van der Waals surface area contributed by atoms with Crippen LogP contribution in [0.25, 0.3) is 10.9 Å². The van der Waals surface area contributed by atoms with E-state index in [0.717, 1.165) is 20.9 Å². The molecule has 1 aromatic heterocycles. The molecule has 2 aromatic rings. The fourth-order valence-electron chi connectivity index (χ4n) is 1.58. The van der Waals surface area contributed by atoms with Gasteiger partial charge in [0.1, 0.15) is 0 Å². The number of carbonyl (C=O) groups is 1. The summed E-state index contributed by atoms with van der Waals surface area (Å²) in [5.41, 5.74) is 7.34. The zero-order chi connectivity index (χ0) is 10.8. The van der Waals surface area contributed by atoms with Crippen LogP contribution in [0.15, 0.2) is 28.9 Å². The molecule has 0 unspecified atom stereocenters. The standard InChI is InChI=1S/C11H11BrN2O/c12-8-1-2-11-10(4-8)7(6-14-11)3-9(15)5-13/h1-2,4,6,14H,3,5,13H2. The zero-order valence-corrected chi connectivity index (χ0v) is 9.67. The first-order valence-corrected chi connectivity index (χ1v) is 5.47. The monoisotopic (exact) mass is 266 g/mol. The van der Waals surface area contributed by atoms with Crippen LogP contribution in [0.2, 0.25) is 0 Å². The van der Waals surface area contributed by atoms with Crippen LogP contribution in [-0.4, -0.2) is 17.3 Å². The van der Waals surface area contributed by atoms with Gasteiger partial charge in [-0.2, -0.15) is 0 Å². The predicted octanol–water partition coefficient (Wildman–Crippen LogP) is 2.00. The number of ketones is 1. The van der Waals surface area contributed by atoms with Crippen molar-refractivity contribution in [2.75, 3.05) is 6.54 Å². The van der Waals surface area contributed by atoms with Gasteiger partial charge >= 0.3 is 0 Å². The van der Waals surface area contributed by atoms with E-state index in [0.29, 0.717) is 6.42 Å². The number of hydrogen-bond donors (Lipinski definition) is 2. The lowest BCUT2D eigenvalue weighted by Crippen LogP contribution is -2.15. The smallest absolute Gasteiger partial charge is 0.150 e. The summed E-state index contributed by atoms with van der Waals surface area (Å²) >= 11 is 3.41. The number of rotatable bonds is 3. The number of aromatic amines is 1. The summed E-state index contributed by atoms with van der Waals surface area (Å²) in [6, 6.07) is 5.95. The van der Waals surface area contributed by atoms with E-state index in [1.807, 2.05) is 24.4 Å². The van der Waals surface area contributed by atoms with Gasteiger partial charge in [0.2, 0.25) is 0 Å². The molecule has 0 amide bonds. The summed E-state index contributed by atoms with van der Waals surface area (Å²) in [6.07, 6.45) is 2.26. The Morgan fingerprint density at radius 1 is 1.47 bits per heavy atom. The second-order valence-electron chi connectivity index (χ2n) is 3.42. The van der Waals surface area contributed by atoms with E-state index in [1.54, 1.807) is 0 Å². The van der Waals surface area contributed by atoms with Gasteiger partial charge in [0, 0.05) is 28.0 Å². The maximum Gasteiger partial charge on any atom is 0.150 e. The molecular formula is C11H11BrN2O. The van der Waals surface area contributed by atoms with Crippen molar-refractivity contribution in [3.63, 3.8) is 0 Å². The quantitative estimate of drug-likeness (QED) is 0.893. The third-order valence-electron chi connectivity index (χ3n) is 2.34. The molecule has 1 aromatic carbocycles. The minimum atomic E-state index is 0.0517. The van der Waals surface area contributed by atoms with E-state index in [9.17, 15) is 4.79 Å². The summed E-state index contributed by atoms with van der Waals surface area (Å²) < 4.78 is 1.01. The molecule has 0 aliphatic heterocycles. The second-order valence-corrected chi connectivity index (χ2v) is 4.34. The first-order valence-electron chi connectivity index (χ1n) is 4.68. The predicted molar refractivity (Wildman–Crippen MR) is 63.8 cm³/mol. The number of H-pyrrole nitrogens is 1. The van der Waals surface area contributed by atoms with Gasteiger partial charge < -0.3 is 10.7 Å². The molecule has 2 rings (SSSR count). The molecule has 4 heteroatoms. The average Bonchev–Trinajstić information content (AvgIpc) is 2.61. The van der Waals surface area contributed by atoms with Gasteiger partial charge in [-0.25, -0.2) is 0 Å². The highest BCUT2D eigenvalue weighted by Crippen LogP contribution is 2.22. The number of hydrogen-bond acceptors (Lipinski definition) is 2. The molecule has 0 saturated carbocycles. The lowest BCUT2D eigenvalue weighted by atomic mass is 10.1. The van der Waals surface area contributed by atoms with Crippen LogP contribution in [0.4, 0.5) is 0 Å². The first-order chi connectivity index (χ1) is 7.20. The van der Waals surface area contributed by atoms with Crippen molar-refractivity contribution >= 4 is 32.6 Å². The van der Waals surface area contributed by atoms with Crippen molar-refractivity contribution in [2.24, 2.45) is 5.73 Å². The number of halogens is 1. The van der Waals surface area contributed by atoms with E-state index < -0.39 is 0 Å². The molecule has 15 heavy (non-hydrogen) atoms. The SMILES string of the molecule is NCC(=O)Cc1c[nH]c2ccc(Br)cc12. The Morgan fingerprint density at radius 3 is 3.00 bits per heavy atom. The minimum Gasteiger partial charge on any atom is -0.361 e. The van der Waals surface area contributed by atoms with Crippen LogP contribution >= 0.6 is 15.9 Å². The molecule has 3 nitrogen and oxygen atoms in total. The largest absolute Gasteiger partial charge is 0.361 e. The molecule has 1 heterocycles. The molecule has 78 valence electrons. The normalized spacial score (nSPS) is 10.8. The lowest BCUT2D eigenvalue weighted by molar-refractivity contribution is -0.117. The number of nitrogens with one attached hydrogen (secondary N) is 1. The summed E-state index contributed by atoms with van der Waals surface area (Å²) in [7, 11) is 0. The van der Waals surface area contributed by atoms with Crippen molar-refractivity contribution in [3.8, 4) is 0 Å². The summed E-state index contributed by atoms with van der Waals surface area (Å²) in [5, 5.41) is 1.08. The molecule has 0 spiro atoms. The van der Waals surface area contributed by atoms with E-state index in [2.05, 4.69) is 20.9 Å². The number of fused-ring (bicyclic) bond motifs is 1. The van der Waals surface area contributed by atoms with Crippen molar-refractivity contribution in [3.05, 3.63) is 34.4 Å². The summed E-state index contributed by atoms with van der Waals surface area (Å²) in [4.78, 5) is 14.4. The van der Waals surface area contributed by atoms with Gasteiger partial charge in [-0.05, 0) is 23.8 Å². The maximum absolute atomic E-state index is 11.3. The van der Waals surface area contributed by atoms with E-state index in [-0.39, 0.29) is 12.3 Å². The molecule has 0 aliphatic rings. The Morgan fingerprint density at radius 2 is 2.27 bits per heavy atom. The molecule has 0 atom stereocenters. The van der Waals surface area contributed by atoms with Crippen LogP contribution in [0.1, 0.15) is 5.56 Å². The summed E-state index contributed by atoms with van der Waals surface area (Å²) in [6.45, 7) is 0.0979. The number of benzene rings is 1. The van der Waals surface area contributed by atoms with E-state index >= 15 is 0 Å². The number of nitrogens with two attached hydrogens (primary N) is 1. The van der Waals surface area contributed by atoms with Gasteiger partial charge in [0.15, 0.2) is 5.78 Å². The third kappa shape index (κ3) is 2.11. The van der Waals surface area contributed by atoms with E-state index in [4.69, 9.17) is 5.73 Å². The third-order valence-corrected chi connectivity index (χ3v) is 2.84. The molecule has 0 fully saturated rings. The van der Waals surface area contributed by atoms with Gasteiger partial charge in [-0.1, -0.05) is 15.9 Å². The Labute approximate surface area is 95.8 Å². The average molecular weight is 267 g/mol. The topological polar surface area (TPSA) is 58.9 Å². The molecule has 0 bridgehead atoms. The Kier molecular flexibility index (Phi) is 2.88. The Bertz CT molecular complexity index is 504.